The highest BCUT2D eigenvalue weighted by Gasteiger charge is 2.14. The average Bonchev–Trinajstić information content (AvgIpc) is 2.90. The molecule has 0 atom stereocenters. The lowest BCUT2D eigenvalue weighted by molar-refractivity contribution is 0.0787. The van der Waals surface area contributed by atoms with Crippen LogP contribution in [0, 0.1) is 0 Å². The molecular formula is C16H23ClN2O2Si. The zero-order chi connectivity index (χ0) is 16.2. The maximum atomic E-state index is 6.27. The summed E-state index contributed by atoms with van der Waals surface area (Å²) in [6, 6.07) is 8.65. The van der Waals surface area contributed by atoms with Crippen molar-refractivity contribution < 1.29 is 9.47 Å². The first-order chi connectivity index (χ1) is 10.4. The highest BCUT2D eigenvalue weighted by molar-refractivity contribution is 6.76. The number of ether oxygens (including phenoxy) is 2. The predicted octanol–water partition coefficient (Wildman–Crippen LogP) is 4.52. The predicted molar refractivity (Wildman–Crippen MR) is 93.3 cm³/mol. The molecule has 4 nitrogen and oxygen atoms in total. The lowest BCUT2D eigenvalue weighted by atomic mass is 10.1. The van der Waals surface area contributed by atoms with E-state index in [-0.39, 0.29) is 0 Å². The van der Waals surface area contributed by atoms with E-state index >= 15 is 0 Å². The quantitative estimate of drug-likeness (QED) is 0.550. The van der Waals surface area contributed by atoms with Gasteiger partial charge in [0.15, 0.2) is 0 Å². The fourth-order valence-electron chi connectivity index (χ4n) is 2.03. The summed E-state index contributed by atoms with van der Waals surface area (Å²) < 4.78 is 12.8. The summed E-state index contributed by atoms with van der Waals surface area (Å²) >= 11 is 6.27. The van der Waals surface area contributed by atoms with Crippen LogP contribution in [0.1, 0.15) is 0 Å². The summed E-state index contributed by atoms with van der Waals surface area (Å²) in [6.45, 7) is 8.25. The molecule has 0 bridgehead atoms. The average molecular weight is 339 g/mol. The first-order valence-corrected chi connectivity index (χ1v) is 11.4. The molecule has 22 heavy (non-hydrogen) atoms. The highest BCUT2D eigenvalue weighted by Crippen LogP contribution is 2.35. The molecule has 1 aromatic carbocycles. The zero-order valence-corrected chi connectivity index (χ0v) is 15.4. The third-order valence-electron chi connectivity index (χ3n) is 3.31. The maximum Gasteiger partial charge on any atom is 0.139 e. The SMILES string of the molecule is COc1cccc(Cl)c1-c1ccn(COCC[Si](C)(C)C)n1. The first kappa shape index (κ1) is 17.1. The lowest BCUT2D eigenvalue weighted by Gasteiger charge is -2.15. The molecule has 0 saturated carbocycles. The van der Waals surface area contributed by atoms with Crippen LogP contribution in [0.25, 0.3) is 11.3 Å². The van der Waals surface area contributed by atoms with Gasteiger partial charge in [0.1, 0.15) is 12.5 Å². The van der Waals surface area contributed by atoms with E-state index in [0.29, 0.717) is 11.8 Å². The van der Waals surface area contributed by atoms with Gasteiger partial charge in [0.25, 0.3) is 0 Å². The summed E-state index contributed by atoms with van der Waals surface area (Å²) in [4.78, 5) is 0. The van der Waals surface area contributed by atoms with Gasteiger partial charge < -0.3 is 9.47 Å². The van der Waals surface area contributed by atoms with Gasteiger partial charge in [0, 0.05) is 20.9 Å². The lowest BCUT2D eigenvalue weighted by Crippen LogP contribution is -2.22. The fourth-order valence-corrected chi connectivity index (χ4v) is 3.05. The largest absolute Gasteiger partial charge is 0.496 e. The molecule has 0 aliphatic carbocycles. The van der Waals surface area contributed by atoms with Crippen molar-refractivity contribution in [1.29, 1.82) is 0 Å². The topological polar surface area (TPSA) is 36.3 Å². The zero-order valence-electron chi connectivity index (χ0n) is 13.6. The van der Waals surface area contributed by atoms with Crippen LogP contribution in [0.15, 0.2) is 30.5 Å². The van der Waals surface area contributed by atoms with Crippen LogP contribution < -0.4 is 4.74 Å². The Balaban J connectivity index is 2.03. The third-order valence-corrected chi connectivity index (χ3v) is 5.33. The van der Waals surface area contributed by atoms with Crippen molar-refractivity contribution in [3.05, 3.63) is 35.5 Å². The van der Waals surface area contributed by atoms with E-state index in [0.717, 1.165) is 29.7 Å². The second-order valence-electron chi connectivity index (χ2n) is 6.41. The molecule has 0 saturated heterocycles. The van der Waals surface area contributed by atoms with Gasteiger partial charge in [-0.25, -0.2) is 4.68 Å². The van der Waals surface area contributed by atoms with Crippen LogP contribution >= 0.6 is 11.6 Å². The molecule has 0 amide bonds. The minimum Gasteiger partial charge on any atom is -0.496 e. The van der Waals surface area contributed by atoms with Crippen molar-refractivity contribution in [2.75, 3.05) is 13.7 Å². The van der Waals surface area contributed by atoms with Gasteiger partial charge in [0.05, 0.1) is 23.4 Å². The molecular weight excluding hydrogens is 316 g/mol. The van der Waals surface area contributed by atoms with Gasteiger partial charge in [-0.2, -0.15) is 5.10 Å². The van der Waals surface area contributed by atoms with E-state index in [4.69, 9.17) is 21.1 Å². The Hall–Kier alpha value is -1.30. The van der Waals surface area contributed by atoms with Crippen LogP contribution in [-0.4, -0.2) is 31.6 Å². The number of aromatic nitrogens is 2. The summed E-state index contributed by atoms with van der Waals surface area (Å²) in [5, 5.41) is 5.15. The van der Waals surface area contributed by atoms with Crippen LogP contribution in [-0.2, 0) is 11.5 Å². The van der Waals surface area contributed by atoms with E-state index in [1.165, 1.54) is 0 Å². The molecule has 2 rings (SSSR count). The van der Waals surface area contributed by atoms with Gasteiger partial charge >= 0.3 is 0 Å². The second kappa shape index (κ2) is 7.31. The molecule has 2 aromatic rings. The van der Waals surface area contributed by atoms with Gasteiger partial charge in [0.2, 0.25) is 0 Å². The van der Waals surface area contributed by atoms with Crippen molar-refractivity contribution in [2.45, 2.75) is 32.4 Å². The molecule has 0 fully saturated rings. The molecule has 0 radical (unpaired) electrons. The molecule has 0 N–H and O–H groups in total. The molecule has 0 aliphatic rings. The van der Waals surface area contributed by atoms with E-state index in [1.54, 1.807) is 11.8 Å². The van der Waals surface area contributed by atoms with Crippen molar-refractivity contribution in [2.24, 2.45) is 0 Å². The van der Waals surface area contributed by atoms with Crippen molar-refractivity contribution >= 4 is 19.7 Å². The summed E-state index contributed by atoms with van der Waals surface area (Å²) in [6.07, 6.45) is 1.90. The molecule has 120 valence electrons. The number of halogens is 1. The standard InChI is InChI=1S/C16H23ClN2O2Si/c1-20-15-7-5-6-13(17)16(15)14-8-9-19(18-14)12-21-10-11-22(2,3)4/h5-9H,10-12H2,1-4H3. The van der Waals surface area contributed by atoms with Gasteiger partial charge in [-0.15, -0.1) is 0 Å². The van der Waals surface area contributed by atoms with E-state index in [1.807, 2.05) is 30.5 Å². The fraction of sp³-hybridized carbons (Fsp3) is 0.438. The number of benzene rings is 1. The minimum absolute atomic E-state index is 0.456. The van der Waals surface area contributed by atoms with Crippen molar-refractivity contribution in [3.63, 3.8) is 0 Å². The number of hydrogen-bond acceptors (Lipinski definition) is 3. The van der Waals surface area contributed by atoms with E-state index in [2.05, 4.69) is 24.7 Å². The highest BCUT2D eigenvalue weighted by atomic mass is 35.5. The second-order valence-corrected chi connectivity index (χ2v) is 12.4. The number of methoxy groups -OCH3 is 1. The Kier molecular flexibility index (Phi) is 5.67. The molecule has 1 heterocycles. The molecule has 0 unspecified atom stereocenters. The Bertz CT molecular complexity index is 623. The first-order valence-electron chi connectivity index (χ1n) is 7.35. The Morgan fingerprint density at radius 1 is 1.23 bits per heavy atom. The monoisotopic (exact) mass is 338 g/mol. The summed E-state index contributed by atoms with van der Waals surface area (Å²) in [7, 11) is 0.579. The Morgan fingerprint density at radius 2 is 2.00 bits per heavy atom. The van der Waals surface area contributed by atoms with Crippen LogP contribution in [0.5, 0.6) is 5.75 Å². The van der Waals surface area contributed by atoms with Crippen LogP contribution in [0.3, 0.4) is 0 Å². The van der Waals surface area contributed by atoms with Gasteiger partial charge in [-0.1, -0.05) is 37.3 Å². The van der Waals surface area contributed by atoms with Crippen molar-refractivity contribution in [3.8, 4) is 17.0 Å². The third kappa shape index (κ3) is 4.60. The summed E-state index contributed by atoms with van der Waals surface area (Å²) in [5.41, 5.74) is 1.60. The normalized spacial score (nSPS) is 11.7. The maximum absolute atomic E-state index is 6.27. The Labute approximate surface area is 138 Å². The number of rotatable bonds is 7. The smallest absolute Gasteiger partial charge is 0.139 e. The van der Waals surface area contributed by atoms with Gasteiger partial charge in [-0.3, -0.25) is 0 Å². The van der Waals surface area contributed by atoms with Crippen LogP contribution in [0.4, 0.5) is 0 Å². The van der Waals surface area contributed by atoms with E-state index < -0.39 is 8.07 Å². The minimum atomic E-state index is -1.05. The Morgan fingerprint density at radius 3 is 2.68 bits per heavy atom. The molecule has 6 heteroatoms. The molecule has 0 spiro atoms. The van der Waals surface area contributed by atoms with Crippen LogP contribution in [0.2, 0.25) is 30.7 Å². The molecule has 0 aliphatic heterocycles. The number of hydrogen-bond donors (Lipinski definition) is 0. The van der Waals surface area contributed by atoms with E-state index in [9.17, 15) is 0 Å². The molecule has 1 aromatic heterocycles. The van der Waals surface area contributed by atoms with Gasteiger partial charge in [-0.05, 0) is 24.2 Å². The summed E-state index contributed by atoms with van der Waals surface area (Å²) in [5.74, 6) is 0.720. The van der Waals surface area contributed by atoms with Crippen molar-refractivity contribution in [1.82, 2.24) is 9.78 Å². The number of nitrogens with zero attached hydrogens (tertiary/aromatic N) is 2.